The Bertz CT molecular complexity index is 769. The number of nitrogens with one attached hydrogen (secondary N) is 1. The van der Waals surface area contributed by atoms with E-state index in [9.17, 15) is 9.59 Å². The van der Waals surface area contributed by atoms with Crippen molar-refractivity contribution < 1.29 is 9.59 Å². The third-order valence-corrected chi connectivity index (χ3v) is 5.15. The van der Waals surface area contributed by atoms with Gasteiger partial charge in [0.2, 0.25) is 5.91 Å². The Morgan fingerprint density at radius 2 is 1.89 bits per heavy atom. The lowest BCUT2D eigenvalue weighted by Crippen LogP contribution is -2.21. The number of amides is 1. The monoisotopic (exact) mass is 388 g/mol. The van der Waals surface area contributed by atoms with Gasteiger partial charge in [-0.3, -0.25) is 9.59 Å². The van der Waals surface area contributed by atoms with E-state index in [1.807, 2.05) is 35.9 Å². The van der Waals surface area contributed by atoms with Crippen molar-refractivity contribution in [1.29, 1.82) is 0 Å². The van der Waals surface area contributed by atoms with E-state index in [1.165, 1.54) is 24.2 Å². The zero-order valence-electron chi connectivity index (χ0n) is 16.5. The number of nitrogens with zero attached hydrogens (tertiary/aromatic N) is 3. The highest BCUT2D eigenvalue weighted by molar-refractivity contribution is 7.99. The number of aromatic nitrogens is 3. The van der Waals surface area contributed by atoms with Crippen LogP contribution in [0, 0.1) is 5.92 Å². The fraction of sp³-hybridized carbons (Fsp3) is 0.500. The van der Waals surface area contributed by atoms with Crippen molar-refractivity contribution in [2.45, 2.75) is 45.2 Å². The minimum Gasteiger partial charge on any atom is -0.356 e. The molecular weight excluding hydrogens is 360 g/mol. The molecule has 146 valence electrons. The Labute approximate surface area is 165 Å². The second kappa shape index (κ2) is 10.3. The molecule has 0 unspecified atom stereocenters. The van der Waals surface area contributed by atoms with Crippen molar-refractivity contribution in [2.75, 3.05) is 12.3 Å². The number of hydrogen-bond acceptors (Lipinski definition) is 5. The van der Waals surface area contributed by atoms with Crippen molar-refractivity contribution in [3.05, 3.63) is 41.2 Å². The van der Waals surface area contributed by atoms with Gasteiger partial charge in [-0.05, 0) is 24.3 Å². The lowest BCUT2D eigenvalue weighted by Gasteiger charge is -2.06. The summed E-state index contributed by atoms with van der Waals surface area (Å²) in [5.74, 6) is 1.85. The summed E-state index contributed by atoms with van der Waals surface area (Å²) in [5.41, 5.74) is 1.99. The fourth-order valence-electron chi connectivity index (χ4n) is 2.71. The number of aryl methyl sites for hydroxylation is 1. The highest BCUT2D eigenvalue weighted by Crippen LogP contribution is 2.18. The molecule has 2 aromatic rings. The SMILES string of the molecule is CC(=O)NCCCc1nnc(SCC(=O)c2ccc(CC(C)C)cc2)n1C. The first kappa shape index (κ1) is 21.2. The molecule has 1 N–H and O–H groups in total. The van der Waals surface area contributed by atoms with Crippen LogP contribution in [-0.4, -0.2) is 38.8 Å². The number of benzene rings is 1. The van der Waals surface area contributed by atoms with Gasteiger partial charge in [-0.25, -0.2) is 0 Å². The van der Waals surface area contributed by atoms with Gasteiger partial charge < -0.3 is 9.88 Å². The average molecular weight is 389 g/mol. The summed E-state index contributed by atoms with van der Waals surface area (Å²) in [5, 5.41) is 11.9. The third-order valence-electron chi connectivity index (χ3n) is 4.13. The molecular formula is C20H28N4O2S. The molecule has 0 aliphatic heterocycles. The molecule has 0 spiro atoms. The number of carbonyl (C=O) groups is 2. The van der Waals surface area contributed by atoms with E-state index < -0.39 is 0 Å². The molecule has 7 heteroatoms. The van der Waals surface area contributed by atoms with Crippen LogP contribution >= 0.6 is 11.8 Å². The molecule has 0 radical (unpaired) electrons. The number of carbonyl (C=O) groups excluding carboxylic acids is 2. The normalized spacial score (nSPS) is 11.0. The predicted molar refractivity (Wildman–Crippen MR) is 108 cm³/mol. The molecule has 0 bridgehead atoms. The topological polar surface area (TPSA) is 76.9 Å². The average Bonchev–Trinajstić information content (AvgIpc) is 2.96. The molecule has 0 saturated heterocycles. The summed E-state index contributed by atoms with van der Waals surface area (Å²) in [6.07, 6.45) is 2.56. The molecule has 1 aromatic carbocycles. The molecule has 27 heavy (non-hydrogen) atoms. The van der Waals surface area contributed by atoms with Crippen LogP contribution in [0.25, 0.3) is 0 Å². The van der Waals surface area contributed by atoms with Crippen LogP contribution in [0.5, 0.6) is 0 Å². The van der Waals surface area contributed by atoms with E-state index >= 15 is 0 Å². The second-order valence-corrected chi connectivity index (χ2v) is 7.99. The smallest absolute Gasteiger partial charge is 0.216 e. The van der Waals surface area contributed by atoms with Crippen molar-refractivity contribution in [1.82, 2.24) is 20.1 Å². The Hall–Kier alpha value is -2.15. The molecule has 0 atom stereocenters. The first-order chi connectivity index (χ1) is 12.9. The maximum atomic E-state index is 12.4. The Kier molecular flexibility index (Phi) is 8.03. The van der Waals surface area contributed by atoms with E-state index in [0.717, 1.165) is 35.8 Å². The van der Waals surface area contributed by atoms with Crippen LogP contribution < -0.4 is 5.32 Å². The summed E-state index contributed by atoms with van der Waals surface area (Å²) in [4.78, 5) is 23.3. The second-order valence-electron chi connectivity index (χ2n) is 7.05. The van der Waals surface area contributed by atoms with E-state index in [4.69, 9.17) is 0 Å². The van der Waals surface area contributed by atoms with Gasteiger partial charge in [0.1, 0.15) is 5.82 Å². The number of Topliss-reactive ketones (excluding diaryl/α,β-unsaturated/α-hetero) is 1. The molecule has 6 nitrogen and oxygen atoms in total. The zero-order valence-corrected chi connectivity index (χ0v) is 17.3. The Morgan fingerprint density at radius 1 is 1.19 bits per heavy atom. The van der Waals surface area contributed by atoms with Gasteiger partial charge in [0.25, 0.3) is 0 Å². The van der Waals surface area contributed by atoms with Gasteiger partial charge in [-0.1, -0.05) is 49.9 Å². The molecule has 0 fully saturated rings. The Balaban J connectivity index is 1.85. The van der Waals surface area contributed by atoms with Crippen LogP contribution in [-0.2, 0) is 24.7 Å². The minimum atomic E-state index is -0.0278. The van der Waals surface area contributed by atoms with Crippen LogP contribution in [0.15, 0.2) is 29.4 Å². The van der Waals surface area contributed by atoms with E-state index in [1.54, 1.807) is 0 Å². The maximum Gasteiger partial charge on any atom is 0.216 e. The van der Waals surface area contributed by atoms with E-state index in [2.05, 4.69) is 29.4 Å². The highest BCUT2D eigenvalue weighted by Gasteiger charge is 2.13. The van der Waals surface area contributed by atoms with E-state index in [-0.39, 0.29) is 11.7 Å². The van der Waals surface area contributed by atoms with Crippen LogP contribution in [0.4, 0.5) is 0 Å². The number of thioether (sulfide) groups is 1. The van der Waals surface area contributed by atoms with Gasteiger partial charge in [0.15, 0.2) is 10.9 Å². The maximum absolute atomic E-state index is 12.4. The molecule has 1 amide bonds. The third kappa shape index (κ3) is 6.82. The van der Waals surface area contributed by atoms with Crippen LogP contribution in [0.2, 0.25) is 0 Å². The standard InChI is InChI=1S/C20H28N4O2S/c1-14(2)12-16-7-9-17(10-8-16)18(26)13-27-20-23-22-19(24(20)4)6-5-11-21-15(3)25/h7-10,14H,5-6,11-13H2,1-4H3,(H,21,25). The zero-order chi connectivity index (χ0) is 19.8. The first-order valence-electron chi connectivity index (χ1n) is 9.24. The number of rotatable bonds is 10. The van der Waals surface area contributed by atoms with Crippen molar-refractivity contribution >= 4 is 23.5 Å². The number of hydrogen-bond donors (Lipinski definition) is 1. The highest BCUT2D eigenvalue weighted by atomic mass is 32.2. The lowest BCUT2D eigenvalue weighted by molar-refractivity contribution is -0.118. The largest absolute Gasteiger partial charge is 0.356 e. The molecule has 1 aromatic heterocycles. The van der Waals surface area contributed by atoms with Gasteiger partial charge in [-0.2, -0.15) is 0 Å². The quantitative estimate of drug-likeness (QED) is 0.385. The van der Waals surface area contributed by atoms with Gasteiger partial charge >= 0.3 is 0 Å². The summed E-state index contributed by atoms with van der Waals surface area (Å²) in [6.45, 7) is 6.50. The van der Waals surface area contributed by atoms with Gasteiger partial charge in [-0.15, -0.1) is 10.2 Å². The van der Waals surface area contributed by atoms with E-state index in [0.29, 0.717) is 18.2 Å². The Morgan fingerprint density at radius 3 is 2.52 bits per heavy atom. The summed E-state index contributed by atoms with van der Waals surface area (Å²) in [7, 11) is 1.90. The molecule has 2 rings (SSSR count). The number of ketones is 1. The van der Waals surface area contributed by atoms with Crippen molar-refractivity contribution in [2.24, 2.45) is 13.0 Å². The summed E-state index contributed by atoms with van der Waals surface area (Å²) >= 11 is 1.40. The molecule has 1 heterocycles. The van der Waals surface area contributed by atoms with Crippen molar-refractivity contribution in [3.63, 3.8) is 0 Å². The van der Waals surface area contributed by atoms with Gasteiger partial charge in [0.05, 0.1) is 5.75 Å². The summed E-state index contributed by atoms with van der Waals surface area (Å²) in [6, 6.07) is 7.89. The lowest BCUT2D eigenvalue weighted by atomic mass is 10.0. The first-order valence-corrected chi connectivity index (χ1v) is 10.2. The summed E-state index contributed by atoms with van der Waals surface area (Å²) < 4.78 is 1.91. The minimum absolute atomic E-state index is 0.0278. The fourth-order valence-corrected chi connectivity index (χ4v) is 3.54. The molecule has 0 aliphatic carbocycles. The predicted octanol–water partition coefficient (Wildman–Crippen LogP) is 3.06. The van der Waals surface area contributed by atoms with Gasteiger partial charge in [0, 0.05) is 32.5 Å². The van der Waals surface area contributed by atoms with Crippen LogP contribution in [0.3, 0.4) is 0 Å². The molecule has 0 saturated carbocycles. The molecule has 0 aliphatic rings. The van der Waals surface area contributed by atoms with Crippen LogP contribution in [0.1, 0.15) is 48.9 Å². The van der Waals surface area contributed by atoms with Crippen molar-refractivity contribution in [3.8, 4) is 0 Å².